The number of nitrogens with zero attached hydrogens (tertiary/aromatic N) is 2. The molecule has 0 spiro atoms. The van der Waals surface area contributed by atoms with Gasteiger partial charge in [0.25, 0.3) is 5.91 Å². The number of anilines is 1. The van der Waals surface area contributed by atoms with E-state index in [1.165, 1.54) is 5.56 Å². The molecule has 168 valence electrons. The summed E-state index contributed by atoms with van der Waals surface area (Å²) < 4.78 is 1.87. The van der Waals surface area contributed by atoms with Gasteiger partial charge >= 0.3 is 5.97 Å². The van der Waals surface area contributed by atoms with Gasteiger partial charge in [-0.15, -0.1) is 0 Å². The van der Waals surface area contributed by atoms with Gasteiger partial charge < -0.3 is 15.0 Å². The molecule has 33 heavy (non-hydrogen) atoms. The summed E-state index contributed by atoms with van der Waals surface area (Å²) in [4.78, 5) is 28.7. The van der Waals surface area contributed by atoms with E-state index in [0.29, 0.717) is 16.8 Å². The average molecular weight is 442 g/mol. The zero-order valence-corrected chi connectivity index (χ0v) is 18.6. The SMILES string of the molecule is CCCCc1ccc(C(=O)Nc2ccc3c(c2)ncn3C(CC(=O)O)c2ccccc2)cc1. The molecule has 0 aliphatic heterocycles. The largest absolute Gasteiger partial charge is 0.481 e. The summed E-state index contributed by atoms with van der Waals surface area (Å²) in [6.45, 7) is 2.16. The minimum atomic E-state index is -0.879. The molecule has 6 nitrogen and oxygen atoms in total. The van der Waals surface area contributed by atoms with Gasteiger partial charge in [-0.3, -0.25) is 9.59 Å². The maximum atomic E-state index is 12.7. The van der Waals surface area contributed by atoms with Crippen molar-refractivity contribution in [2.24, 2.45) is 0 Å². The zero-order chi connectivity index (χ0) is 23.2. The number of carboxylic acid groups (broad SMARTS) is 1. The Bertz CT molecular complexity index is 1250. The van der Waals surface area contributed by atoms with E-state index in [0.717, 1.165) is 30.3 Å². The molecule has 2 N–H and O–H groups in total. The lowest BCUT2D eigenvalue weighted by Gasteiger charge is -2.18. The summed E-state index contributed by atoms with van der Waals surface area (Å²) in [5.41, 5.74) is 4.87. The van der Waals surface area contributed by atoms with Crippen LogP contribution in [0.25, 0.3) is 11.0 Å². The lowest BCUT2D eigenvalue weighted by Crippen LogP contribution is -2.14. The van der Waals surface area contributed by atoms with Gasteiger partial charge in [0.15, 0.2) is 0 Å². The highest BCUT2D eigenvalue weighted by Crippen LogP contribution is 2.28. The Morgan fingerprint density at radius 3 is 2.48 bits per heavy atom. The van der Waals surface area contributed by atoms with Crippen LogP contribution in [0.3, 0.4) is 0 Å². The number of unbranched alkanes of at least 4 members (excludes halogenated alkanes) is 1. The Balaban J connectivity index is 1.55. The van der Waals surface area contributed by atoms with E-state index in [4.69, 9.17) is 0 Å². The molecule has 1 unspecified atom stereocenters. The molecule has 0 aliphatic rings. The monoisotopic (exact) mass is 441 g/mol. The minimum Gasteiger partial charge on any atom is -0.481 e. The second-order valence-corrected chi connectivity index (χ2v) is 8.13. The number of aromatic nitrogens is 2. The number of aryl methyl sites for hydroxylation is 1. The Hall–Kier alpha value is -3.93. The first kappa shape index (κ1) is 22.3. The number of carbonyl (C=O) groups is 2. The lowest BCUT2D eigenvalue weighted by molar-refractivity contribution is -0.137. The molecule has 1 atom stereocenters. The maximum Gasteiger partial charge on any atom is 0.305 e. The summed E-state index contributed by atoms with van der Waals surface area (Å²) in [7, 11) is 0. The molecule has 0 radical (unpaired) electrons. The molecule has 0 aliphatic carbocycles. The topological polar surface area (TPSA) is 84.2 Å². The predicted octanol–water partition coefficient (Wildman–Crippen LogP) is 5.70. The molecule has 0 saturated carbocycles. The Labute approximate surface area is 192 Å². The number of benzene rings is 3. The molecule has 6 heteroatoms. The van der Waals surface area contributed by atoms with Crippen LogP contribution < -0.4 is 5.32 Å². The van der Waals surface area contributed by atoms with Crippen molar-refractivity contribution in [1.82, 2.24) is 9.55 Å². The quantitative estimate of drug-likeness (QED) is 0.349. The fourth-order valence-corrected chi connectivity index (χ4v) is 3.98. The number of fused-ring (bicyclic) bond motifs is 1. The van der Waals surface area contributed by atoms with Gasteiger partial charge in [-0.1, -0.05) is 55.8 Å². The number of carbonyl (C=O) groups excluding carboxylic acids is 1. The molecule has 1 heterocycles. The van der Waals surface area contributed by atoms with Gasteiger partial charge in [-0.05, 0) is 54.3 Å². The summed E-state index contributed by atoms with van der Waals surface area (Å²) in [5.74, 6) is -1.06. The number of hydrogen-bond donors (Lipinski definition) is 2. The summed E-state index contributed by atoms with van der Waals surface area (Å²) in [5, 5.41) is 12.4. The summed E-state index contributed by atoms with van der Waals surface area (Å²) >= 11 is 0. The van der Waals surface area contributed by atoms with Crippen LogP contribution in [-0.2, 0) is 11.2 Å². The van der Waals surface area contributed by atoms with Crippen molar-refractivity contribution in [3.63, 3.8) is 0 Å². The second-order valence-electron chi connectivity index (χ2n) is 8.13. The van der Waals surface area contributed by atoms with Crippen LogP contribution in [0.15, 0.2) is 79.1 Å². The van der Waals surface area contributed by atoms with E-state index < -0.39 is 5.97 Å². The first-order valence-electron chi connectivity index (χ1n) is 11.2. The van der Waals surface area contributed by atoms with E-state index in [1.54, 1.807) is 6.33 Å². The fourth-order valence-electron chi connectivity index (χ4n) is 3.98. The van der Waals surface area contributed by atoms with Crippen LogP contribution in [0.1, 0.15) is 53.7 Å². The first-order chi connectivity index (χ1) is 16.0. The maximum absolute atomic E-state index is 12.7. The average Bonchev–Trinajstić information content (AvgIpc) is 3.25. The van der Waals surface area contributed by atoms with E-state index in [-0.39, 0.29) is 18.4 Å². The van der Waals surface area contributed by atoms with Gasteiger partial charge in [-0.25, -0.2) is 4.98 Å². The molecule has 4 rings (SSSR count). The third kappa shape index (κ3) is 5.29. The van der Waals surface area contributed by atoms with Crippen molar-refractivity contribution in [2.75, 3.05) is 5.32 Å². The highest BCUT2D eigenvalue weighted by Gasteiger charge is 2.20. The van der Waals surface area contributed by atoms with Crippen molar-refractivity contribution < 1.29 is 14.7 Å². The number of rotatable bonds is 9. The standard InChI is InChI=1S/C27H27N3O3/c1-2-3-7-19-10-12-21(13-11-19)27(33)29-22-14-15-24-23(16-22)28-18-30(24)25(17-26(31)32)20-8-5-4-6-9-20/h4-6,8-16,18,25H,2-3,7,17H2,1H3,(H,29,33)(H,31,32). The van der Waals surface area contributed by atoms with Crippen LogP contribution in [0.5, 0.6) is 0 Å². The third-order valence-corrected chi connectivity index (χ3v) is 5.76. The van der Waals surface area contributed by atoms with Gasteiger partial charge in [0.2, 0.25) is 0 Å². The number of amides is 1. The molecule has 0 bridgehead atoms. The molecule has 0 saturated heterocycles. The highest BCUT2D eigenvalue weighted by molar-refractivity contribution is 6.05. The van der Waals surface area contributed by atoms with Crippen LogP contribution in [0.4, 0.5) is 5.69 Å². The van der Waals surface area contributed by atoms with E-state index >= 15 is 0 Å². The summed E-state index contributed by atoms with van der Waals surface area (Å²) in [6.07, 6.45) is 4.90. The van der Waals surface area contributed by atoms with Crippen LogP contribution >= 0.6 is 0 Å². The number of nitrogens with one attached hydrogen (secondary N) is 1. The lowest BCUT2D eigenvalue weighted by atomic mass is 10.0. The van der Waals surface area contributed by atoms with E-state index in [2.05, 4.69) is 17.2 Å². The Morgan fingerprint density at radius 2 is 1.79 bits per heavy atom. The molecule has 4 aromatic rings. The van der Waals surface area contributed by atoms with Crippen LogP contribution in [-0.4, -0.2) is 26.5 Å². The predicted molar refractivity (Wildman–Crippen MR) is 130 cm³/mol. The Morgan fingerprint density at radius 1 is 1.03 bits per heavy atom. The number of carboxylic acids is 1. The van der Waals surface area contributed by atoms with Crippen molar-refractivity contribution >= 4 is 28.6 Å². The normalized spacial score (nSPS) is 11.9. The van der Waals surface area contributed by atoms with Crippen molar-refractivity contribution in [3.8, 4) is 0 Å². The molecule has 1 aromatic heterocycles. The number of imidazole rings is 1. The highest BCUT2D eigenvalue weighted by atomic mass is 16.4. The molecule has 3 aromatic carbocycles. The number of hydrogen-bond acceptors (Lipinski definition) is 3. The third-order valence-electron chi connectivity index (χ3n) is 5.76. The number of aliphatic carboxylic acids is 1. The van der Waals surface area contributed by atoms with Crippen LogP contribution in [0.2, 0.25) is 0 Å². The van der Waals surface area contributed by atoms with Gasteiger partial charge in [0, 0.05) is 11.3 Å². The van der Waals surface area contributed by atoms with Crippen LogP contribution in [0, 0.1) is 0 Å². The fraction of sp³-hybridized carbons (Fsp3) is 0.222. The van der Waals surface area contributed by atoms with Gasteiger partial charge in [0.05, 0.1) is 29.8 Å². The van der Waals surface area contributed by atoms with Gasteiger partial charge in [-0.2, -0.15) is 0 Å². The first-order valence-corrected chi connectivity index (χ1v) is 11.2. The zero-order valence-electron chi connectivity index (χ0n) is 18.6. The van der Waals surface area contributed by atoms with E-state index in [1.807, 2.05) is 77.4 Å². The smallest absolute Gasteiger partial charge is 0.305 e. The van der Waals surface area contributed by atoms with Gasteiger partial charge in [0.1, 0.15) is 0 Å². The Kier molecular flexibility index (Phi) is 6.83. The molecule has 0 fully saturated rings. The van der Waals surface area contributed by atoms with E-state index in [9.17, 15) is 14.7 Å². The minimum absolute atomic E-state index is 0.0534. The van der Waals surface area contributed by atoms with Crippen molar-refractivity contribution in [1.29, 1.82) is 0 Å². The molecule has 1 amide bonds. The summed E-state index contributed by atoms with van der Waals surface area (Å²) in [6, 6.07) is 22.4. The van der Waals surface area contributed by atoms with Crippen molar-refractivity contribution in [3.05, 3.63) is 95.8 Å². The second kappa shape index (κ2) is 10.1. The molecular weight excluding hydrogens is 414 g/mol. The molecular formula is C27H27N3O3. The van der Waals surface area contributed by atoms with Crippen molar-refractivity contribution in [2.45, 2.75) is 38.6 Å².